The Morgan fingerprint density at radius 3 is 2.67 bits per heavy atom. The summed E-state index contributed by atoms with van der Waals surface area (Å²) in [6.07, 6.45) is 6.92. The summed E-state index contributed by atoms with van der Waals surface area (Å²) in [5.41, 5.74) is 0.285. The number of hydrogen-bond donors (Lipinski definition) is 0. The van der Waals surface area contributed by atoms with Crippen molar-refractivity contribution in [2.45, 2.75) is 38.1 Å². The smallest absolute Gasteiger partial charge is 0.340 e. The van der Waals surface area contributed by atoms with Crippen molar-refractivity contribution in [1.82, 2.24) is 9.88 Å². The van der Waals surface area contributed by atoms with Gasteiger partial charge in [0.25, 0.3) is 5.91 Å². The van der Waals surface area contributed by atoms with Crippen molar-refractivity contribution in [3.05, 3.63) is 29.0 Å². The van der Waals surface area contributed by atoms with Crippen molar-refractivity contribution in [2.24, 2.45) is 0 Å². The zero-order chi connectivity index (χ0) is 15.2. The number of carbonyl (C=O) groups excluding carboxylic acids is 2. The van der Waals surface area contributed by atoms with Crippen LogP contribution in [-0.2, 0) is 9.53 Å². The number of rotatable bonds is 4. The van der Waals surface area contributed by atoms with Gasteiger partial charge in [-0.15, -0.1) is 0 Å². The largest absolute Gasteiger partial charge is 0.452 e. The second-order valence-electron chi connectivity index (χ2n) is 5.24. The molecule has 1 saturated carbocycles. The van der Waals surface area contributed by atoms with Crippen LogP contribution in [0, 0.1) is 0 Å². The number of likely N-dealkylation sites (N-methyl/N-ethyl adjacent to an activating group) is 1. The highest BCUT2D eigenvalue weighted by atomic mass is 35.5. The minimum Gasteiger partial charge on any atom is -0.452 e. The Morgan fingerprint density at radius 2 is 2.05 bits per heavy atom. The first kappa shape index (κ1) is 15.8. The fourth-order valence-electron chi connectivity index (χ4n) is 2.48. The molecule has 0 N–H and O–H groups in total. The van der Waals surface area contributed by atoms with Crippen LogP contribution in [0.1, 0.15) is 42.5 Å². The molecule has 1 aromatic heterocycles. The second kappa shape index (κ2) is 7.41. The molecule has 1 amide bonds. The highest BCUT2D eigenvalue weighted by Crippen LogP contribution is 2.21. The van der Waals surface area contributed by atoms with Gasteiger partial charge < -0.3 is 9.64 Å². The lowest BCUT2D eigenvalue weighted by Gasteiger charge is -2.31. The van der Waals surface area contributed by atoms with Crippen LogP contribution in [0.5, 0.6) is 0 Å². The minimum atomic E-state index is -0.565. The van der Waals surface area contributed by atoms with E-state index in [-0.39, 0.29) is 24.1 Å². The summed E-state index contributed by atoms with van der Waals surface area (Å²) in [7, 11) is 1.77. The van der Waals surface area contributed by atoms with Crippen LogP contribution in [0.2, 0.25) is 5.15 Å². The lowest BCUT2D eigenvalue weighted by molar-refractivity contribution is -0.135. The van der Waals surface area contributed by atoms with Gasteiger partial charge in [-0.1, -0.05) is 30.9 Å². The Kier molecular flexibility index (Phi) is 5.56. The fourth-order valence-corrected chi connectivity index (χ4v) is 2.59. The van der Waals surface area contributed by atoms with Crippen LogP contribution in [0.4, 0.5) is 0 Å². The molecule has 0 bridgehead atoms. The van der Waals surface area contributed by atoms with Gasteiger partial charge in [0.1, 0.15) is 5.15 Å². The van der Waals surface area contributed by atoms with E-state index in [1.54, 1.807) is 11.9 Å². The molecule has 0 aromatic carbocycles. The number of nitrogens with zero attached hydrogens (tertiary/aromatic N) is 2. The molecule has 21 heavy (non-hydrogen) atoms. The third kappa shape index (κ3) is 4.43. The second-order valence-corrected chi connectivity index (χ2v) is 5.63. The van der Waals surface area contributed by atoms with Crippen LogP contribution >= 0.6 is 11.6 Å². The van der Waals surface area contributed by atoms with E-state index in [9.17, 15) is 9.59 Å². The minimum absolute atomic E-state index is 0.169. The molecule has 1 aromatic rings. The summed E-state index contributed by atoms with van der Waals surface area (Å²) in [6.45, 7) is -0.242. The van der Waals surface area contributed by atoms with Crippen molar-refractivity contribution in [3.8, 4) is 0 Å². The average molecular weight is 311 g/mol. The van der Waals surface area contributed by atoms with E-state index in [0.29, 0.717) is 5.15 Å². The molecule has 0 spiro atoms. The molecule has 0 unspecified atom stereocenters. The van der Waals surface area contributed by atoms with E-state index < -0.39 is 5.97 Å². The van der Waals surface area contributed by atoms with Crippen LogP contribution < -0.4 is 0 Å². The summed E-state index contributed by atoms with van der Waals surface area (Å²) in [4.78, 5) is 29.3. The Hall–Kier alpha value is -1.62. The lowest BCUT2D eigenvalue weighted by atomic mass is 9.94. The lowest BCUT2D eigenvalue weighted by Crippen LogP contribution is -2.40. The first-order valence-electron chi connectivity index (χ1n) is 7.12. The van der Waals surface area contributed by atoms with Gasteiger partial charge in [-0.05, 0) is 25.0 Å². The summed E-state index contributed by atoms with van der Waals surface area (Å²) in [6, 6.07) is 3.29. The molecule has 1 heterocycles. The van der Waals surface area contributed by atoms with Crippen molar-refractivity contribution in [2.75, 3.05) is 13.7 Å². The normalized spacial score (nSPS) is 15.5. The molecule has 5 nitrogen and oxygen atoms in total. The Bertz CT molecular complexity index is 498. The first-order valence-corrected chi connectivity index (χ1v) is 7.50. The van der Waals surface area contributed by atoms with Gasteiger partial charge in [0.2, 0.25) is 0 Å². The molecule has 1 fully saturated rings. The van der Waals surface area contributed by atoms with Crippen molar-refractivity contribution in [3.63, 3.8) is 0 Å². The van der Waals surface area contributed by atoms with Crippen molar-refractivity contribution < 1.29 is 14.3 Å². The summed E-state index contributed by atoms with van der Waals surface area (Å²) in [5.74, 6) is -0.735. The van der Waals surface area contributed by atoms with Gasteiger partial charge >= 0.3 is 5.97 Å². The summed E-state index contributed by atoms with van der Waals surface area (Å²) < 4.78 is 5.03. The van der Waals surface area contributed by atoms with E-state index in [0.717, 1.165) is 25.7 Å². The number of halogens is 1. The summed E-state index contributed by atoms with van der Waals surface area (Å²) >= 11 is 5.65. The van der Waals surface area contributed by atoms with Gasteiger partial charge in [-0.2, -0.15) is 0 Å². The Morgan fingerprint density at radius 1 is 1.33 bits per heavy atom. The number of esters is 1. The van der Waals surface area contributed by atoms with Crippen molar-refractivity contribution in [1.29, 1.82) is 0 Å². The van der Waals surface area contributed by atoms with Crippen LogP contribution in [0.3, 0.4) is 0 Å². The van der Waals surface area contributed by atoms with Gasteiger partial charge in [0.05, 0.1) is 5.56 Å². The topological polar surface area (TPSA) is 59.5 Å². The third-order valence-electron chi connectivity index (χ3n) is 3.81. The number of aromatic nitrogens is 1. The van der Waals surface area contributed by atoms with Gasteiger partial charge in [-0.3, -0.25) is 4.79 Å². The van der Waals surface area contributed by atoms with E-state index >= 15 is 0 Å². The Labute approximate surface area is 129 Å². The SMILES string of the molecule is CN(C(=O)COC(=O)c1ccc(Cl)nc1)C1CCCCC1. The maximum Gasteiger partial charge on any atom is 0.340 e. The van der Waals surface area contributed by atoms with Crippen molar-refractivity contribution >= 4 is 23.5 Å². The molecule has 2 rings (SSSR count). The zero-order valence-corrected chi connectivity index (χ0v) is 12.8. The van der Waals surface area contributed by atoms with E-state index in [1.807, 2.05) is 0 Å². The van der Waals surface area contributed by atoms with Gasteiger partial charge in [0, 0.05) is 19.3 Å². The number of amides is 1. The average Bonchev–Trinajstić information content (AvgIpc) is 2.53. The van der Waals surface area contributed by atoms with Crippen LogP contribution in [0.15, 0.2) is 18.3 Å². The molecule has 0 saturated heterocycles. The molecule has 1 aliphatic rings. The highest BCUT2D eigenvalue weighted by Gasteiger charge is 2.22. The third-order valence-corrected chi connectivity index (χ3v) is 4.03. The zero-order valence-electron chi connectivity index (χ0n) is 12.0. The van der Waals surface area contributed by atoms with E-state index in [1.165, 1.54) is 24.8 Å². The fraction of sp³-hybridized carbons (Fsp3) is 0.533. The number of pyridine rings is 1. The maximum absolute atomic E-state index is 12.0. The molecular weight excluding hydrogens is 292 g/mol. The number of carbonyl (C=O) groups is 2. The predicted octanol–water partition coefficient (Wildman–Crippen LogP) is 2.68. The Balaban J connectivity index is 1.82. The molecule has 1 aliphatic carbocycles. The molecule has 6 heteroatoms. The first-order chi connectivity index (χ1) is 10.1. The predicted molar refractivity (Wildman–Crippen MR) is 79.2 cm³/mol. The van der Waals surface area contributed by atoms with Gasteiger partial charge in [-0.25, -0.2) is 9.78 Å². The molecule has 0 radical (unpaired) electrons. The number of hydrogen-bond acceptors (Lipinski definition) is 4. The standard InChI is InChI=1S/C15H19ClN2O3/c1-18(12-5-3-2-4-6-12)14(19)10-21-15(20)11-7-8-13(16)17-9-11/h7-9,12H,2-6,10H2,1H3. The van der Waals surface area contributed by atoms with Gasteiger partial charge in [0.15, 0.2) is 6.61 Å². The maximum atomic E-state index is 12.0. The number of ether oxygens (including phenoxy) is 1. The molecule has 114 valence electrons. The highest BCUT2D eigenvalue weighted by molar-refractivity contribution is 6.29. The molecule has 0 atom stereocenters. The summed E-state index contributed by atoms with van der Waals surface area (Å²) in [5, 5.41) is 0.305. The van der Waals surface area contributed by atoms with E-state index in [2.05, 4.69) is 4.98 Å². The molecular formula is C15H19ClN2O3. The van der Waals surface area contributed by atoms with E-state index in [4.69, 9.17) is 16.3 Å². The monoisotopic (exact) mass is 310 g/mol. The quantitative estimate of drug-likeness (QED) is 0.633. The van der Waals surface area contributed by atoms with Crippen LogP contribution in [0.25, 0.3) is 0 Å². The molecule has 0 aliphatic heterocycles. The van der Waals surface area contributed by atoms with Crippen LogP contribution in [-0.4, -0.2) is 41.5 Å².